The normalized spacial score (nSPS) is 15.0. The molecule has 0 aromatic heterocycles. The van der Waals surface area contributed by atoms with E-state index >= 15 is 0 Å². The summed E-state index contributed by atoms with van der Waals surface area (Å²) in [6.45, 7) is 2.20. The molecule has 0 heterocycles. The maximum Gasteiger partial charge on any atom is 0.460 e. The van der Waals surface area contributed by atoms with Crippen LogP contribution in [0.3, 0.4) is 0 Å². The highest BCUT2D eigenvalue weighted by Gasteiger charge is 2.73. The van der Waals surface area contributed by atoms with Gasteiger partial charge in [-0.05, 0) is 0 Å². The quantitative estimate of drug-likeness (QED) is 0.678. The minimum Gasteiger partial charge on any atom is -0.188 e. The van der Waals surface area contributed by atoms with Gasteiger partial charge >= 0.3 is 17.4 Å². The Labute approximate surface area is 79.8 Å². The minimum absolute atomic E-state index is 0.713. The number of hydrogen-bond acceptors (Lipinski definition) is 1. The van der Waals surface area contributed by atoms with Crippen molar-refractivity contribution in [2.45, 2.75) is 36.5 Å². The SMILES string of the molecule is CC(C)SC(F)(F)C(F)(F)C(F)(F)F. The van der Waals surface area contributed by atoms with E-state index in [0.717, 1.165) is 13.8 Å². The summed E-state index contributed by atoms with van der Waals surface area (Å²) >= 11 is -0.713. The lowest BCUT2D eigenvalue weighted by Gasteiger charge is -2.28. The van der Waals surface area contributed by atoms with Crippen LogP contribution in [-0.4, -0.2) is 22.6 Å². The Morgan fingerprint density at radius 1 is 0.857 bits per heavy atom. The van der Waals surface area contributed by atoms with Crippen molar-refractivity contribution in [3.05, 3.63) is 0 Å². The number of alkyl halides is 7. The Morgan fingerprint density at radius 2 is 1.21 bits per heavy atom. The standard InChI is InChI=1S/C6H7F7S/c1-3(2)14-6(12,13)4(7,8)5(9,10)11/h3H,1-2H3. The average Bonchev–Trinajstić information content (AvgIpc) is 1.80. The van der Waals surface area contributed by atoms with Crippen molar-refractivity contribution in [2.24, 2.45) is 0 Å². The molecule has 0 aromatic carbocycles. The van der Waals surface area contributed by atoms with Crippen molar-refractivity contribution in [1.82, 2.24) is 0 Å². The maximum absolute atomic E-state index is 12.4. The lowest BCUT2D eigenvalue weighted by molar-refractivity contribution is -0.330. The van der Waals surface area contributed by atoms with E-state index in [0.29, 0.717) is 0 Å². The van der Waals surface area contributed by atoms with E-state index < -0.39 is 34.4 Å². The van der Waals surface area contributed by atoms with E-state index in [1.165, 1.54) is 0 Å². The fourth-order valence-electron chi connectivity index (χ4n) is 0.535. The summed E-state index contributed by atoms with van der Waals surface area (Å²) in [6.07, 6.45) is -6.24. The monoisotopic (exact) mass is 244 g/mol. The summed E-state index contributed by atoms with van der Waals surface area (Å²) in [5.74, 6) is -6.01. The van der Waals surface area contributed by atoms with Crippen LogP contribution in [0.1, 0.15) is 13.8 Å². The molecule has 0 fully saturated rings. The van der Waals surface area contributed by atoms with Crippen LogP contribution in [-0.2, 0) is 0 Å². The first-order valence-electron chi connectivity index (χ1n) is 3.42. The molecule has 0 unspecified atom stereocenters. The molecule has 0 saturated carbocycles. The van der Waals surface area contributed by atoms with Gasteiger partial charge in [0, 0.05) is 5.25 Å². The molecule has 0 aliphatic heterocycles. The summed E-state index contributed by atoms with van der Waals surface area (Å²) < 4.78 is 83.8. The van der Waals surface area contributed by atoms with Gasteiger partial charge in [-0.25, -0.2) is 0 Å². The number of halogens is 7. The topological polar surface area (TPSA) is 0 Å². The van der Waals surface area contributed by atoms with Gasteiger partial charge in [0.05, 0.1) is 0 Å². The Hall–Kier alpha value is -0.140. The zero-order chi connectivity index (χ0) is 11.8. The molecular weight excluding hydrogens is 237 g/mol. The summed E-state index contributed by atoms with van der Waals surface area (Å²) in [4.78, 5) is 0. The molecular formula is C6H7F7S. The maximum atomic E-state index is 12.4. The van der Waals surface area contributed by atoms with Gasteiger partial charge in [-0.2, -0.15) is 30.7 Å². The molecule has 0 rings (SSSR count). The Bertz CT molecular complexity index is 195. The molecule has 0 aliphatic rings. The first kappa shape index (κ1) is 13.9. The molecule has 0 atom stereocenters. The number of hydrogen-bond donors (Lipinski definition) is 0. The van der Waals surface area contributed by atoms with Crippen molar-refractivity contribution in [1.29, 1.82) is 0 Å². The van der Waals surface area contributed by atoms with E-state index in [1.807, 2.05) is 0 Å². The van der Waals surface area contributed by atoms with E-state index in [9.17, 15) is 30.7 Å². The zero-order valence-electron chi connectivity index (χ0n) is 7.13. The van der Waals surface area contributed by atoms with Gasteiger partial charge in [-0.15, -0.1) is 0 Å². The summed E-state index contributed by atoms with van der Waals surface area (Å²) in [5.41, 5.74) is 0. The fourth-order valence-corrected chi connectivity index (χ4v) is 1.39. The number of rotatable bonds is 3. The van der Waals surface area contributed by atoms with Gasteiger partial charge in [0.25, 0.3) is 0 Å². The second kappa shape index (κ2) is 3.79. The van der Waals surface area contributed by atoms with Gasteiger partial charge in [-0.3, -0.25) is 0 Å². The van der Waals surface area contributed by atoms with Crippen LogP contribution in [0.2, 0.25) is 0 Å². The van der Waals surface area contributed by atoms with E-state index in [1.54, 1.807) is 0 Å². The van der Waals surface area contributed by atoms with Crippen LogP contribution < -0.4 is 0 Å². The van der Waals surface area contributed by atoms with Gasteiger partial charge in [-0.1, -0.05) is 25.6 Å². The molecule has 8 heteroatoms. The van der Waals surface area contributed by atoms with E-state index in [2.05, 4.69) is 0 Å². The molecule has 0 N–H and O–H groups in total. The first-order valence-corrected chi connectivity index (χ1v) is 4.30. The van der Waals surface area contributed by atoms with Gasteiger partial charge in [0.1, 0.15) is 0 Å². The molecule has 0 aromatic rings. The Balaban J connectivity index is 4.88. The van der Waals surface area contributed by atoms with Gasteiger partial charge < -0.3 is 0 Å². The summed E-state index contributed by atoms with van der Waals surface area (Å²) in [5, 5.41) is -6.17. The summed E-state index contributed by atoms with van der Waals surface area (Å²) in [6, 6.07) is 0. The first-order chi connectivity index (χ1) is 5.92. The van der Waals surface area contributed by atoms with Crippen molar-refractivity contribution >= 4 is 11.8 Å². The third kappa shape index (κ3) is 2.68. The van der Waals surface area contributed by atoms with Crippen LogP contribution >= 0.6 is 11.8 Å². The predicted molar refractivity (Wildman–Crippen MR) is 38.7 cm³/mol. The molecule has 86 valence electrons. The van der Waals surface area contributed by atoms with Crippen LogP contribution in [0.15, 0.2) is 0 Å². The molecule has 0 nitrogen and oxygen atoms in total. The summed E-state index contributed by atoms with van der Waals surface area (Å²) in [7, 11) is 0. The largest absolute Gasteiger partial charge is 0.460 e. The highest BCUT2D eigenvalue weighted by molar-refractivity contribution is 8.00. The van der Waals surface area contributed by atoms with Crippen LogP contribution in [0.4, 0.5) is 30.7 Å². The van der Waals surface area contributed by atoms with E-state index in [4.69, 9.17) is 0 Å². The molecule has 0 bridgehead atoms. The molecule has 0 spiro atoms. The highest BCUT2D eigenvalue weighted by atomic mass is 32.2. The lowest BCUT2D eigenvalue weighted by atomic mass is 10.3. The molecule has 0 saturated heterocycles. The van der Waals surface area contributed by atoms with Gasteiger partial charge in [0.15, 0.2) is 0 Å². The molecule has 0 amide bonds. The van der Waals surface area contributed by atoms with Crippen molar-refractivity contribution in [3.8, 4) is 0 Å². The Morgan fingerprint density at radius 3 is 1.43 bits per heavy atom. The number of thioether (sulfide) groups is 1. The van der Waals surface area contributed by atoms with Crippen molar-refractivity contribution < 1.29 is 30.7 Å². The van der Waals surface area contributed by atoms with Crippen molar-refractivity contribution in [3.63, 3.8) is 0 Å². The zero-order valence-corrected chi connectivity index (χ0v) is 7.95. The lowest BCUT2D eigenvalue weighted by Crippen LogP contribution is -2.50. The van der Waals surface area contributed by atoms with Crippen LogP contribution in [0, 0.1) is 0 Å². The second-order valence-electron chi connectivity index (χ2n) is 2.76. The minimum atomic E-state index is -6.24. The molecule has 0 radical (unpaired) electrons. The predicted octanol–water partition coefficient (Wildman–Crippen LogP) is 3.92. The Kier molecular flexibility index (Phi) is 3.75. The van der Waals surface area contributed by atoms with Gasteiger partial charge in [0.2, 0.25) is 0 Å². The fraction of sp³-hybridized carbons (Fsp3) is 1.00. The van der Waals surface area contributed by atoms with Crippen LogP contribution in [0.25, 0.3) is 0 Å². The third-order valence-corrected chi connectivity index (χ3v) is 2.13. The van der Waals surface area contributed by atoms with Crippen molar-refractivity contribution in [2.75, 3.05) is 0 Å². The molecule has 14 heavy (non-hydrogen) atoms. The smallest absolute Gasteiger partial charge is 0.188 e. The van der Waals surface area contributed by atoms with Crippen LogP contribution in [0.5, 0.6) is 0 Å². The highest BCUT2D eigenvalue weighted by Crippen LogP contribution is 2.52. The second-order valence-corrected chi connectivity index (χ2v) is 4.45. The third-order valence-electron chi connectivity index (χ3n) is 1.11. The average molecular weight is 244 g/mol. The van der Waals surface area contributed by atoms with E-state index in [-0.39, 0.29) is 0 Å². The molecule has 0 aliphatic carbocycles.